The van der Waals surface area contributed by atoms with Crippen molar-refractivity contribution in [2.24, 2.45) is 11.3 Å². The van der Waals surface area contributed by atoms with Gasteiger partial charge in [0.2, 0.25) is 11.8 Å². The summed E-state index contributed by atoms with van der Waals surface area (Å²) in [5.41, 5.74) is 3.17. The van der Waals surface area contributed by atoms with Crippen LogP contribution >= 0.6 is 0 Å². The predicted molar refractivity (Wildman–Crippen MR) is 73.4 cm³/mol. The largest absolute Gasteiger partial charge is 0.359 e. The molecule has 6 nitrogen and oxygen atoms in total. The third-order valence-electron chi connectivity index (χ3n) is 3.19. The van der Waals surface area contributed by atoms with E-state index in [0.29, 0.717) is 6.54 Å². The van der Waals surface area contributed by atoms with E-state index in [4.69, 9.17) is 5.84 Å². The Morgan fingerprint density at radius 1 is 1.47 bits per heavy atom. The number of hydrogen-bond donors (Lipinski definition) is 3. The van der Waals surface area contributed by atoms with Crippen LogP contribution in [0.2, 0.25) is 0 Å². The molecule has 2 amide bonds. The van der Waals surface area contributed by atoms with Crippen LogP contribution in [0.25, 0.3) is 0 Å². The molecular formula is C13H18N4O2. The average molecular weight is 262 g/mol. The minimum atomic E-state index is -0.681. The normalized spacial score (nSPS) is 14.7. The van der Waals surface area contributed by atoms with Crippen molar-refractivity contribution < 1.29 is 9.59 Å². The molecule has 0 atom stereocenters. The highest BCUT2D eigenvalue weighted by atomic mass is 16.2. The van der Waals surface area contributed by atoms with Gasteiger partial charge < -0.3 is 10.2 Å². The zero-order chi connectivity index (χ0) is 14.0. The zero-order valence-corrected chi connectivity index (χ0v) is 11.1. The molecule has 0 radical (unpaired) electrons. The van der Waals surface area contributed by atoms with Gasteiger partial charge >= 0.3 is 0 Å². The first-order valence-corrected chi connectivity index (χ1v) is 6.09. The molecule has 0 aliphatic carbocycles. The van der Waals surface area contributed by atoms with Gasteiger partial charge in [0, 0.05) is 6.54 Å². The summed E-state index contributed by atoms with van der Waals surface area (Å²) in [6.07, 6.45) is 0. The highest BCUT2D eigenvalue weighted by Gasteiger charge is 2.32. The molecule has 0 unspecified atom stereocenters. The molecule has 102 valence electrons. The fourth-order valence-electron chi connectivity index (χ4n) is 2.19. The molecule has 19 heavy (non-hydrogen) atoms. The zero-order valence-electron chi connectivity index (χ0n) is 11.1. The van der Waals surface area contributed by atoms with Gasteiger partial charge in [-0.2, -0.15) is 0 Å². The van der Waals surface area contributed by atoms with Crippen molar-refractivity contribution in [1.29, 1.82) is 0 Å². The lowest BCUT2D eigenvalue weighted by molar-refractivity contribution is -0.129. The third kappa shape index (κ3) is 2.68. The van der Waals surface area contributed by atoms with E-state index in [0.717, 1.165) is 11.4 Å². The molecule has 1 aliphatic rings. The average Bonchev–Trinajstić information content (AvgIpc) is 2.37. The minimum absolute atomic E-state index is 0.0809. The number of hydrogen-bond acceptors (Lipinski definition) is 4. The second kappa shape index (κ2) is 4.89. The van der Waals surface area contributed by atoms with Crippen LogP contribution in [0.15, 0.2) is 24.3 Å². The first-order valence-electron chi connectivity index (χ1n) is 6.09. The van der Waals surface area contributed by atoms with Gasteiger partial charge in [-0.3, -0.25) is 15.0 Å². The molecule has 1 aliphatic heterocycles. The van der Waals surface area contributed by atoms with Crippen LogP contribution in [0, 0.1) is 5.41 Å². The number of carbonyl (C=O) groups excluding carboxylic acids is 2. The second-order valence-corrected chi connectivity index (χ2v) is 5.28. The molecule has 0 spiro atoms. The van der Waals surface area contributed by atoms with E-state index in [1.165, 1.54) is 0 Å². The Hall–Kier alpha value is -2.08. The number of hydrazine groups is 1. The maximum absolute atomic E-state index is 11.7. The topological polar surface area (TPSA) is 87.5 Å². The Labute approximate surface area is 111 Å². The molecule has 0 saturated carbocycles. The molecule has 0 aromatic heterocycles. The number of para-hydroxylation sites is 2. The maximum Gasteiger partial charge on any atom is 0.243 e. The summed E-state index contributed by atoms with van der Waals surface area (Å²) in [6.45, 7) is 4.24. The monoisotopic (exact) mass is 262 g/mol. The number of fused-ring (bicyclic) bond motifs is 1. The number of anilines is 2. The van der Waals surface area contributed by atoms with Crippen molar-refractivity contribution in [3.63, 3.8) is 0 Å². The summed E-state index contributed by atoms with van der Waals surface area (Å²) < 4.78 is 0. The van der Waals surface area contributed by atoms with Gasteiger partial charge in [0.1, 0.15) is 0 Å². The van der Waals surface area contributed by atoms with Crippen LogP contribution in [-0.2, 0) is 9.59 Å². The summed E-state index contributed by atoms with van der Waals surface area (Å²) >= 11 is 0. The Morgan fingerprint density at radius 2 is 2.16 bits per heavy atom. The number of nitrogens with zero attached hydrogens (tertiary/aromatic N) is 1. The molecule has 1 heterocycles. The van der Waals surface area contributed by atoms with Gasteiger partial charge in [0.25, 0.3) is 0 Å². The van der Waals surface area contributed by atoms with Gasteiger partial charge in [0.15, 0.2) is 0 Å². The molecule has 6 heteroatoms. The fraction of sp³-hybridized carbons (Fsp3) is 0.385. The lowest BCUT2D eigenvalue weighted by atomic mass is 9.91. The summed E-state index contributed by atoms with van der Waals surface area (Å²) in [5.74, 6) is 4.85. The number of amides is 2. The third-order valence-corrected chi connectivity index (χ3v) is 3.19. The number of benzene rings is 1. The molecule has 1 aromatic rings. The van der Waals surface area contributed by atoms with Gasteiger partial charge in [-0.15, -0.1) is 0 Å². The van der Waals surface area contributed by atoms with E-state index in [1.54, 1.807) is 13.8 Å². The first-order chi connectivity index (χ1) is 8.94. The van der Waals surface area contributed by atoms with Crippen LogP contribution in [0.1, 0.15) is 13.8 Å². The van der Waals surface area contributed by atoms with Crippen molar-refractivity contribution in [3.8, 4) is 0 Å². The fourth-order valence-corrected chi connectivity index (χ4v) is 2.19. The quantitative estimate of drug-likeness (QED) is 0.419. The number of carbonyl (C=O) groups is 2. The molecule has 4 N–H and O–H groups in total. The van der Waals surface area contributed by atoms with E-state index < -0.39 is 5.41 Å². The van der Waals surface area contributed by atoms with Crippen molar-refractivity contribution in [3.05, 3.63) is 24.3 Å². The minimum Gasteiger partial charge on any atom is -0.359 e. The Morgan fingerprint density at radius 3 is 2.84 bits per heavy atom. The first kappa shape index (κ1) is 13.4. The predicted octanol–water partition coefficient (Wildman–Crippen LogP) is 0.461. The number of nitrogens with two attached hydrogens (primary N) is 1. The molecule has 1 aromatic carbocycles. The molecular weight excluding hydrogens is 244 g/mol. The van der Waals surface area contributed by atoms with Gasteiger partial charge in [0.05, 0.1) is 23.3 Å². The van der Waals surface area contributed by atoms with E-state index >= 15 is 0 Å². The summed E-state index contributed by atoms with van der Waals surface area (Å²) in [4.78, 5) is 25.3. The van der Waals surface area contributed by atoms with Crippen LogP contribution in [-0.4, -0.2) is 24.9 Å². The van der Waals surface area contributed by atoms with Crippen LogP contribution in [0.4, 0.5) is 11.4 Å². The number of nitrogens with one attached hydrogen (secondary N) is 2. The highest BCUT2D eigenvalue weighted by Crippen LogP contribution is 2.31. The van der Waals surface area contributed by atoms with E-state index in [9.17, 15) is 9.59 Å². The summed E-state index contributed by atoms with van der Waals surface area (Å²) in [6, 6.07) is 7.53. The maximum atomic E-state index is 11.7. The van der Waals surface area contributed by atoms with Crippen molar-refractivity contribution in [1.82, 2.24) is 5.43 Å². The van der Waals surface area contributed by atoms with Gasteiger partial charge in [-0.25, -0.2) is 5.84 Å². The molecule has 0 saturated heterocycles. The Kier molecular flexibility index (Phi) is 3.44. The molecule has 2 rings (SSSR count). The van der Waals surface area contributed by atoms with Gasteiger partial charge in [-0.05, 0) is 26.0 Å². The van der Waals surface area contributed by atoms with Gasteiger partial charge in [-0.1, -0.05) is 12.1 Å². The van der Waals surface area contributed by atoms with Crippen molar-refractivity contribution >= 4 is 23.2 Å². The lowest BCUT2D eigenvalue weighted by Crippen LogP contribution is -2.50. The Bertz CT molecular complexity index is 513. The van der Waals surface area contributed by atoms with Crippen molar-refractivity contribution in [2.75, 3.05) is 23.3 Å². The summed E-state index contributed by atoms with van der Waals surface area (Å²) in [5, 5.41) is 2.81. The van der Waals surface area contributed by atoms with E-state index in [-0.39, 0.29) is 18.4 Å². The van der Waals surface area contributed by atoms with Crippen LogP contribution in [0.3, 0.4) is 0 Å². The highest BCUT2D eigenvalue weighted by molar-refractivity contribution is 6.01. The molecule has 0 bridgehead atoms. The van der Waals surface area contributed by atoms with E-state index in [1.807, 2.05) is 29.2 Å². The smallest absolute Gasteiger partial charge is 0.243 e. The van der Waals surface area contributed by atoms with Crippen LogP contribution < -0.4 is 21.5 Å². The van der Waals surface area contributed by atoms with Crippen molar-refractivity contribution in [2.45, 2.75) is 13.8 Å². The summed E-state index contributed by atoms with van der Waals surface area (Å²) in [7, 11) is 0. The second-order valence-electron chi connectivity index (χ2n) is 5.28. The Balaban J connectivity index is 2.26. The SMILES string of the molecule is CC(C)(CN1CC(=O)Nc2ccccc21)C(=O)NN. The van der Waals surface area contributed by atoms with Crippen LogP contribution in [0.5, 0.6) is 0 Å². The van der Waals surface area contributed by atoms with E-state index in [2.05, 4.69) is 10.7 Å². The standard InChI is InChI=1S/C13H18N4O2/c1-13(2,12(19)16-14)8-17-7-11(18)15-9-5-3-4-6-10(9)17/h3-6H,7-8,14H2,1-2H3,(H,15,18)(H,16,19). The number of rotatable bonds is 3. The lowest BCUT2D eigenvalue weighted by Gasteiger charge is -2.36. The molecule has 0 fully saturated rings.